The summed E-state index contributed by atoms with van der Waals surface area (Å²) in [4.78, 5) is 25.6. The molecule has 2 aromatic carbocycles. The number of para-hydroxylation sites is 1. The number of aryl methyl sites for hydroxylation is 1. The molecular weight excluding hydrogens is 424 g/mol. The zero-order chi connectivity index (χ0) is 22.3. The number of ether oxygens (including phenoxy) is 1. The topological polar surface area (TPSA) is 67.4 Å². The van der Waals surface area contributed by atoms with E-state index in [0.29, 0.717) is 22.0 Å². The summed E-state index contributed by atoms with van der Waals surface area (Å²) in [6, 6.07) is 12.4. The van der Waals surface area contributed by atoms with Gasteiger partial charge in [-0.2, -0.15) is 0 Å². The van der Waals surface area contributed by atoms with Gasteiger partial charge in [0.25, 0.3) is 11.8 Å². The zero-order valence-electron chi connectivity index (χ0n) is 18.3. The Morgan fingerprint density at radius 1 is 1.03 bits per heavy atom. The van der Waals surface area contributed by atoms with Crippen molar-refractivity contribution in [2.45, 2.75) is 51.0 Å². The van der Waals surface area contributed by atoms with E-state index in [1.54, 1.807) is 30.3 Å². The van der Waals surface area contributed by atoms with Gasteiger partial charge in [-0.1, -0.05) is 29.8 Å². The summed E-state index contributed by atoms with van der Waals surface area (Å²) in [5.74, 6) is 2.28. The number of halogens is 1. The summed E-state index contributed by atoms with van der Waals surface area (Å²) in [6.07, 6.45) is 7.30. The second-order valence-corrected chi connectivity index (χ2v) is 10.4. The second kappa shape index (κ2) is 8.43. The van der Waals surface area contributed by atoms with Crippen LogP contribution in [0.1, 0.15) is 54.4 Å². The number of carbonyl (C=O) groups excluding carboxylic acids is 2. The van der Waals surface area contributed by atoms with Crippen molar-refractivity contribution in [2.24, 2.45) is 17.8 Å². The largest absolute Gasteiger partial charge is 0.483 e. The van der Waals surface area contributed by atoms with Gasteiger partial charge in [0.2, 0.25) is 0 Å². The average molecular weight is 453 g/mol. The Hall–Kier alpha value is -2.53. The predicted octanol–water partition coefficient (Wildman–Crippen LogP) is 5.36. The summed E-state index contributed by atoms with van der Waals surface area (Å²) in [7, 11) is 0. The fourth-order valence-electron chi connectivity index (χ4n) is 6.39. The van der Waals surface area contributed by atoms with Crippen LogP contribution in [0.15, 0.2) is 42.5 Å². The lowest BCUT2D eigenvalue weighted by atomic mass is 9.53. The number of anilines is 1. The van der Waals surface area contributed by atoms with Crippen molar-refractivity contribution in [2.75, 3.05) is 11.9 Å². The molecule has 0 heterocycles. The molecule has 2 N–H and O–H groups in total. The minimum absolute atomic E-state index is 0.0448. The van der Waals surface area contributed by atoms with Gasteiger partial charge in [-0.05, 0) is 93.0 Å². The third-order valence-electron chi connectivity index (χ3n) is 7.36. The first-order valence-electron chi connectivity index (χ1n) is 11.5. The third-order valence-corrected chi connectivity index (χ3v) is 7.77. The van der Waals surface area contributed by atoms with Gasteiger partial charge in [-0.25, -0.2) is 0 Å². The molecule has 0 spiro atoms. The van der Waals surface area contributed by atoms with Crippen molar-refractivity contribution in [3.63, 3.8) is 0 Å². The fourth-order valence-corrected chi connectivity index (χ4v) is 6.57. The molecule has 168 valence electrons. The smallest absolute Gasteiger partial charge is 0.259 e. The van der Waals surface area contributed by atoms with E-state index in [4.69, 9.17) is 16.3 Å². The van der Waals surface area contributed by atoms with Crippen molar-refractivity contribution in [1.29, 1.82) is 0 Å². The Labute approximate surface area is 193 Å². The molecule has 6 rings (SSSR count). The molecule has 6 heteroatoms. The first-order chi connectivity index (χ1) is 15.4. The van der Waals surface area contributed by atoms with Crippen molar-refractivity contribution in [1.82, 2.24) is 5.32 Å². The van der Waals surface area contributed by atoms with E-state index < -0.39 is 0 Å². The summed E-state index contributed by atoms with van der Waals surface area (Å²) in [5.41, 5.74) is 1.89. The highest BCUT2D eigenvalue weighted by Gasteiger charge is 2.51. The molecule has 0 saturated heterocycles. The van der Waals surface area contributed by atoms with E-state index in [2.05, 4.69) is 10.6 Å². The third kappa shape index (κ3) is 4.36. The lowest BCUT2D eigenvalue weighted by Gasteiger charge is -2.56. The molecule has 0 atom stereocenters. The Balaban J connectivity index is 1.22. The molecule has 2 amide bonds. The molecule has 32 heavy (non-hydrogen) atoms. The van der Waals surface area contributed by atoms with Crippen LogP contribution in [-0.2, 0) is 4.79 Å². The molecule has 4 aliphatic carbocycles. The number of hydrogen-bond acceptors (Lipinski definition) is 3. The van der Waals surface area contributed by atoms with Gasteiger partial charge in [-0.15, -0.1) is 0 Å². The molecule has 4 bridgehead atoms. The Morgan fingerprint density at radius 3 is 2.34 bits per heavy atom. The highest BCUT2D eigenvalue weighted by atomic mass is 35.5. The standard InChI is InChI=1S/C26H29ClN2O3/c1-16-6-7-20(11-22(16)27)28-25(31)21-4-2-3-5-23(21)32-15-24(30)29-26-12-17-8-18(13-26)10-19(9-17)14-26/h2-7,11,17-19H,8-10,12-15H2,1H3,(H,28,31)(H,29,30). The highest BCUT2D eigenvalue weighted by Crippen LogP contribution is 2.55. The molecule has 0 radical (unpaired) electrons. The van der Waals surface area contributed by atoms with Gasteiger partial charge in [0.1, 0.15) is 5.75 Å². The highest BCUT2D eigenvalue weighted by molar-refractivity contribution is 6.31. The lowest BCUT2D eigenvalue weighted by molar-refractivity contribution is -0.128. The van der Waals surface area contributed by atoms with Gasteiger partial charge in [0, 0.05) is 16.2 Å². The molecule has 4 fully saturated rings. The molecular formula is C26H29ClN2O3. The number of nitrogens with one attached hydrogen (secondary N) is 2. The molecule has 0 unspecified atom stereocenters. The lowest BCUT2D eigenvalue weighted by Crippen LogP contribution is -2.60. The van der Waals surface area contributed by atoms with Gasteiger partial charge >= 0.3 is 0 Å². The van der Waals surface area contributed by atoms with Crippen LogP contribution in [0.3, 0.4) is 0 Å². The molecule has 0 aromatic heterocycles. The van der Waals surface area contributed by atoms with Crippen molar-refractivity contribution in [3.8, 4) is 5.75 Å². The quantitative estimate of drug-likeness (QED) is 0.619. The van der Waals surface area contributed by atoms with Gasteiger partial charge in [0.05, 0.1) is 5.56 Å². The maximum atomic E-state index is 12.8. The van der Waals surface area contributed by atoms with Crippen LogP contribution in [0.2, 0.25) is 5.02 Å². The summed E-state index contributed by atoms with van der Waals surface area (Å²) >= 11 is 6.17. The Kier molecular flexibility index (Phi) is 5.62. The van der Waals surface area contributed by atoms with E-state index >= 15 is 0 Å². The predicted molar refractivity (Wildman–Crippen MR) is 125 cm³/mol. The maximum absolute atomic E-state index is 12.8. The van der Waals surface area contributed by atoms with Gasteiger partial charge in [-0.3, -0.25) is 9.59 Å². The van der Waals surface area contributed by atoms with E-state index in [9.17, 15) is 9.59 Å². The van der Waals surface area contributed by atoms with Crippen LogP contribution in [0.4, 0.5) is 5.69 Å². The van der Waals surface area contributed by atoms with Crippen LogP contribution < -0.4 is 15.4 Å². The van der Waals surface area contributed by atoms with Crippen LogP contribution in [0.5, 0.6) is 5.75 Å². The second-order valence-electron chi connectivity index (χ2n) is 9.95. The van der Waals surface area contributed by atoms with Crippen LogP contribution in [0.25, 0.3) is 0 Å². The number of benzene rings is 2. The van der Waals surface area contributed by atoms with Crippen molar-refractivity contribution < 1.29 is 14.3 Å². The zero-order valence-corrected chi connectivity index (χ0v) is 19.1. The molecule has 4 saturated carbocycles. The Bertz CT molecular complexity index is 1020. The first kappa shape index (κ1) is 21.3. The maximum Gasteiger partial charge on any atom is 0.259 e. The SMILES string of the molecule is Cc1ccc(NC(=O)c2ccccc2OCC(=O)NC23CC4CC(CC(C4)C2)C3)cc1Cl. The van der Waals surface area contributed by atoms with Gasteiger partial charge in [0.15, 0.2) is 6.61 Å². The van der Waals surface area contributed by atoms with Crippen molar-refractivity contribution in [3.05, 3.63) is 58.6 Å². The van der Waals surface area contributed by atoms with Crippen LogP contribution >= 0.6 is 11.6 Å². The van der Waals surface area contributed by atoms with Gasteiger partial charge < -0.3 is 15.4 Å². The monoisotopic (exact) mass is 452 g/mol. The van der Waals surface area contributed by atoms with Crippen LogP contribution in [0, 0.1) is 24.7 Å². The van der Waals surface area contributed by atoms with Crippen molar-refractivity contribution >= 4 is 29.1 Å². The van der Waals surface area contributed by atoms with E-state index in [1.165, 1.54) is 19.3 Å². The molecule has 0 aliphatic heterocycles. The minimum Gasteiger partial charge on any atom is -0.483 e. The minimum atomic E-state index is -0.304. The van der Waals surface area contributed by atoms with Crippen LogP contribution in [-0.4, -0.2) is 24.0 Å². The summed E-state index contributed by atoms with van der Waals surface area (Å²) < 4.78 is 5.82. The molecule has 5 nitrogen and oxygen atoms in total. The number of hydrogen-bond donors (Lipinski definition) is 2. The fraction of sp³-hybridized carbons (Fsp3) is 0.462. The Morgan fingerprint density at radius 2 is 1.69 bits per heavy atom. The summed E-state index contributed by atoms with van der Waals surface area (Å²) in [5, 5.41) is 6.76. The van der Waals surface area contributed by atoms with E-state index in [1.807, 2.05) is 19.1 Å². The van der Waals surface area contributed by atoms with E-state index in [0.717, 1.165) is 42.6 Å². The summed E-state index contributed by atoms with van der Waals surface area (Å²) in [6.45, 7) is 1.81. The normalized spacial score (nSPS) is 27.8. The van der Waals surface area contributed by atoms with E-state index in [-0.39, 0.29) is 24.0 Å². The molecule has 2 aromatic rings. The number of carbonyl (C=O) groups is 2. The first-order valence-corrected chi connectivity index (χ1v) is 11.9. The number of amides is 2. The average Bonchev–Trinajstić information content (AvgIpc) is 2.74. The molecule has 4 aliphatic rings. The number of rotatable bonds is 6.